The van der Waals surface area contributed by atoms with Crippen LogP contribution >= 0.6 is 11.3 Å². The number of hydrogen-bond acceptors (Lipinski definition) is 5. The number of thiophene rings is 1. The van der Waals surface area contributed by atoms with E-state index in [9.17, 15) is 9.90 Å². The summed E-state index contributed by atoms with van der Waals surface area (Å²) >= 11 is 1.67. The largest absolute Gasteiger partial charge is 0.504 e. The molecule has 0 bridgehead atoms. The van der Waals surface area contributed by atoms with Crippen molar-refractivity contribution in [2.24, 2.45) is 5.92 Å². The maximum atomic E-state index is 12.7. The molecule has 24 heavy (non-hydrogen) atoms. The van der Waals surface area contributed by atoms with Crippen LogP contribution in [0.15, 0.2) is 18.2 Å². The normalized spacial score (nSPS) is 22.2. The van der Waals surface area contributed by atoms with Crippen molar-refractivity contribution < 1.29 is 14.6 Å². The molecule has 1 aliphatic heterocycles. The number of para-hydroxylation sites is 1. The van der Waals surface area contributed by atoms with Gasteiger partial charge in [-0.2, -0.15) is 0 Å². The number of methoxy groups -OCH3 is 1. The number of fused-ring (bicyclic) bond motifs is 3. The summed E-state index contributed by atoms with van der Waals surface area (Å²) in [5.74, 6) is 1.05. The van der Waals surface area contributed by atoms with Crippen LogP contribution in [0.1, 0.15) is 45.9 Å². The quantitative estimate of drug-likeness (QED) is 0.780. The van der Waals surface area contributed by atoms with Crippen LogP contribution in [0.4, 0.5) is 5.00 Å². The van der Waals surface area contributed by atoms with Gasteiger partial charge in [0.25, 0.3) is 5.91 Å². The monoisotopic (exact) mass is 344 g/mol. The second kappa shape index (κ2) is 5.70. The number of ether oxygens (including phenoxy) is 1. The van der Waals surface area contributed by atoms with Gasteiger partial charge in [0.2, 0.25) is 0 Å². The SMILES string of the molecule is COc1cccc([C@@H]2NC(=O)c3c(sc4c3CC[C@H](C)C4)N2)c1O. The van der Waals surface area contributed by atoms with Gasteiger partial charge >= 0.3 is 0 Å². The molecule has 0 radical (unpaired) electrons. The van der Waals surface area contributed by atoms with Crippen LogP contribution in [0.25, 0.3) is 0 Å². The van der Waals surface area contributed by atoms with Gasteiger partial charge in [-0.15, -0.1) is 11.3 Å². The third kappa shape index (κ3) is 2.33. The maximum absolute atomic E-state index is 12.7. The van der Waals surface area contributed by atoms with Gasteiger partial charge in [0.1, 0.15) is 11.2 Å². The number of aromatic hydroxyl groups is 1. The van der Waals surface area contributed by atoms with Gasteiger partial charge in [-0.05, 0) is 36.8 Å². The van der Waals surface area contributed by atoms with Crippen molar-refractivity contribution in [3.8, 4) is 11.5 Å². The van der Waals surface area contributed by atoms with E-state index in [2.05, 4.69) is 17.6 Å². The van der Waals surface area contributed by atoms with Crippen molar-refractivity contribution in [1.82, 2.24) is 5.32 Å². The molecule has 6 heteroatoms. The fourth-order valence-corrected chi connectivity index (χ4v) is 4.99. The molecule has 2 heterocycles. The number of amides is 1. The molecule has 5 nitrogen and oxygen atoms in total. The van der Waals surface area contributed by atoms with Crippen LogP contribution in [-0.4, -0.2) is 18.1 Å². The topological polar surface area (TPSA) is 70.6 Å². The highest BCUT2D eigenvalue weighted by Gasteiger charge is 2.34. The van der Waals surface area contributed by atoms with Gasteiger partial charge in [0.05, 0.1) is 12.7 Å². The maximum Gasteiger partial charge on any atom is 0.256 e. The molecular weight excluding hydrogens is 324 g/mol. The third-order valence-corrected chi connectivity index (χ3v) is 6.04. The van der Waals surface area contributed by atoms with Crippen LogP contribution in [-0.2, 0) is 12.8 Å². The van der Waals surface area contributed by atoms with E-state index < -0.39 is 6.17 Å². The highest BCUT2D eigenvalue weighted by molar-refractivity contribution is 7.16. The predicted octanol–water partition coefficient (Wildman–Crippen LogP) is 3.44. The Balaban J connectivity index is 1.71. The molecule has 3 N–H and O–H groups in total. The number of phenolic OH excluding ortho intramolecular Hbond substituents is 1. The summed E-state index contributed by atoms with van der Waals surface area (Å²) < 4.78 is 5.16. The first-order valence-corrected chi connectivity index (χ1v) is 8.98. The van der Waals surface area contributed by atoms with E-state index in [1.54, 1.807) is 29.5 Å². The second-order valence-electron chi connectivity index (χ2n) is 6.50. The summed E-state index contributed by atoms with van der Waals surface area (Å²) in [4.78, 5) is 14.0. The fourth-order valence-electron chi connectivity index (χ4n) is 3.56. The van der Waals surface area contributed by atoms with Gasteiger partial charge in [0, 0.05) is 10.4 Å². The summed E-state index contributed by atoms with van der Waals surface area (Å²) in [5, 5.41) is 17.6. The average molecular weight is 344 g/mol. The first-order valence-electron chi connectivity index (χ1n) is 8.16. The molecule has 1 aromatic carbocycles. The molecule has 0 unspecified atom stereocenters. The number of carbonyl (C=O) groups is 1. The van der Waals surface area contributed by atoms with E-state index in [1.807, 2.05) is 0 Å². The van der Waals surface area contributed by atoms with Gasteiger partial charge in [0.15, 0.2) is 11.5 Å². The Morgan fingerprint density at radius 3 is 2.96 bits per heavy atom. The molecule has 2 aromatic rings. The van der Waals surface area contributed by atoms with Crippen molar-refractivity contribution >= 4 is 22.2 Å². The van der Waals surface area contributed by atoms with E-state index in [4.69, 9.17) is 4.74 Å². The van der Waals surface area contributed by atoms with Crippen molar-refractivity contribution in [3.63, 3.8) is 0 Å². The standard InChI is InChI=1S/C18H20N2O3S/c1-9-6-7-10-13(8-9)24-18-14(10)17(22)19-16(20-18)11-4-3-5-12(23-2)15(11)21/h3-5,9,16,20-21H,6-8H2,1-2H3,(H,19,22)/t9-,16+/m0/s1. The van der Waals surface area contributed by atoms with Gasteiger partial charge in [-0.3, -0.25) is 4.79 Å². The minimum absolute atomic E-state index is 0.0520. The van der Waals surface area contributed by atoms with Gasteiger partial charge in [-0.1, -0.05) is 19.1 Å². The van der Waals surface area contributed by atoms with E-state index in [1.165, 1.54) is 17.6 Å². The molecule has 126 valence electrons. The minimum Gasteiger partial charge on any atom is -0.504 e. The molecule has 0 fully saturated rings. The Kier molecular flexibility index (Phi) is 3.64. The van der Waals surface area contributed by atoms with Crippen LogP contribution in [0.5, 0.6) is 11.5 Å². The summed E-state index contributed by atoms with van der Waals surface area (Å²) in [5.41, 5.74) is 2.60. The highest BCUT2D eigenvalue weighted by atomic mass is 32.1. The molecule has 0 spiro atoms. The molecule has 0 saturated carbocycles. The number of hydrogen-bond donors (Lipinski definition) is 3. The number of carbonyl (C=O) groups excluding carboxylic acids is 1. The lowest BCUT2D eigenvalue weighted by Crippen LogP contribution is -2.38. The molecule has 1 aliphatic carbocycles. The third-order valence-electron chi connectivity index (χ3n) is 4.85. The summed E-state index contributed by atoms with van der Waals surface area (Å²) in [6.45, 7) is 2.26. The lowest BCUT2D eigenvalue weighted by molar-refractivity contribution is 0.0934. The molecule has 2 atom stereocenters. The molecule has 0 saturated heterocycles. The van der Waals surface area contributed by atoms with Crippen LogP contribution in [0.2, 0.25) is 0 Å². The molecule has 1 aromatic heterocycles. The summed E-state index contributed by atoms with van der Waals surface area (Å²) in [7, 11) is 1.51. The zero-order valence-corrected chi connectivity index (χ0v) is 14.5. The highest BCUT2D eigenvalue weighted by Crippen LogP contribution is 2.44. The van der Waals surface area contributed by atoms with Crippen molar-refractivity contribution in [3.05, 3.63) is 39.8 Å². The first kappa shape index (κ1) is 15.3. The number of benzene rings is 1. The second-order valence-corrected chi connectivity index (χ2v) is 7.61. The predicted molar refractivity (Wildman–Crippen MR) is 94.0 cm³/mol. The summed E-state index contributed by atoms with van der Waals surface area (Å²) in [6, 6.07) is 5.29. The minimum atomic E-state index is -0.461. The van der Waals surface area contributed by atoms with E-state index in [-0.39, 0.29) is 11.7 Å². The zero-order valence-electron chi connectivity index (χ0n) is 13.7. The van der Waals surface area contributed by atoms with Crippen LogP contribution < -0.4 is 15.4 Å². The lowest BCUT2D eigenvalue weighted by Gasteiger charge is -2.27. The molecule has 4 rings (SSSR count). The molecule has 1 amide bonds. The Morgan fingerprint density at radius 2 is 2.17 bits per heavy atom. The van der Waals surface area contributed by atoms with Crippen LogP contribution in [0.3, 0.4) is 0 Å². The number of anilines is 1. The Labute approximate surface area is 144 Å². The number of phenols is 1. The smallest absolute Gasteiger partial charge is 0.256 e. The number of nitrogens with one attached hydrogen (secondary N) is 2. The van der Waals surface area contributed by atoms with E-state index in [0.29, 0.717) is 17.2 Å². The van der Waals surface area contributed by atoms with Gasteiger partial charge < -0.3 is 20.5 Å². The molecule has 2 aliphatic rings. The van der Waals surface area contributed by atoms with Gasteiger partial charge in [-0.25, -0.2) is 0 Å². The Bertz CT molecular complexity index is 815. The average Bonchev–Trinajstić information content (AvgIpc) is 2.92. The number of rotatable bonds is 2. The fraction of sp³-hybridized carbons (Fsp3) is 0.389. The van der Waals surface area contributed by atoms with Crippen molar-refractivity contribution in [1.29, 1.82) is 0 Å². The van der Waals surface area contributed by atoms with Crippen LogP contribution in [0, 0.1) is 5.92 Å². The summed E-state index contributed by atoms with van der Waals surface area (Å²) in [6.07, 6.45) is 2.67. The first-order chi connectivity index (χ1) is 11.6. The lowest BCUT2D eigenvalue weighted by atomic mass is 9.88. The van der Waals surface area contributed by atoms with Crippen molar-refractivity contribution in [2.75, 3.05) is 12.4 Å². The van der Waals surface area contributed by atoms with Crippen molar-refractivity contribution in [2.45, 2.75) is 32.4 Å². The van der Waals surface area contributed by atoms with E-state index in [0.717, 1.165) is 29.8 Å². The zero-order chi connectivity index (χ0) is 16.8. The molecular formula is C18H20N2O3S. The Morgan fingerprint density at radius 1 is 1.33 bits per heavy atom. The Hall–Kier alpha value is -2.21. The van der Waals surface area contributed by atoms with E-state index >= 15 is 0 Å².